The fourth-order valence-corrected chi connectivity index (χ4v) is 7.94. The Labute approximate surface area is 296 Å². The Kier molecular flexibility index (Phi) is 6.89. The summed E-state index contributed by atoms with van der Waals surface area (Å²) in [7, 11) is 0. The highest BCUT2D eigenvalue weighted by molar-refractivity contribution is 6.12. The van der Waals surface area contributed by atoms with Crippen molar-refractivity contribution in [2.45, 2.75) is 0 Å². The molecule has 10 aromatic rings. The van der Waals surface area contributed by atoms with Gasteiger partial charge in [-0.2, -0.15) is 0 Å². The summed E-state index contributed by atoms with van der Waals surface area (Å²) in [6.45, 7) is 0. The van der Waals surface area contributed by atoms with Gasteiger partial charge in [0.2, 0.25) is 0 Å². The standard InChI is InChI=1S/C50H33N/c1-2-16-40(17-3-1)51-49-28-24-34(22-26-45-41-18-8-4-12-36(41)32-37-13-5-9-19-42(37)45)30-47(49)48-31-35(25-29-50(48)51)23-27-46-43-20-10-6-14-38(43)33-39-15-7-11-21-44(39)46/h1-33H. The van der Waals surface area contributed by atoms with Gasteiger partial charge in [-0.05, 0) is 114 Å². The lowest BCUT2D eigenvalue weighted by molar-refractivity contribution is 1.18. The molecule has 0 fully saturated rings. The van der Waals surface area contributed by atoms with Gasteiger partial charge in [0, 0.05) is 16.5 Å². The molecule has 1 heterocycles. The average molecular weight is 648 g/mol. The molecule has 0 radical (unpaired) electrons. The molecule has 1 nitrogen and oxygen atoms in total. The lowest BCUT2D eigenvalue weighted by Crippen LogP contribution is -1.93. The van der Waals surface area contributed by atoms with Crippen LogP contribution in [0.1, 0.15) is 22.3 Å². The topological polar surface area (TPSA) is 4.93 Å². The molecule has 0 N–H and O–H groups in total. The Morgan fingerprint density at radius 1 is 0.294 bits per heavy atom. The maximum absolute atomic E-state index is 2.39. The molecule has 0 aliphatic carbocycles. The first-order chi connectivity index (χ1) is 25.3. The highest BCUT2D eigenvalue weighted by Crippen LogP contribution is 2.36. The number of nitrogens with zero attached hydrogens (tertiary/aromatic N) is 1. The molecule has 51 heavy (non-hydrogen) atoms. The van der Waals surface area contributed by atoms with E-state index >= 15 is 0 Å². The van der Waals surface area contributed by atoms with Crippen molar-refractivity contribution in [2.24, 2.45) is 0 Å². The van der Waals surface area contributed by atoms with E-state index in [9.17, 15) is 0 Å². The van der Waals surface area contributed by atoms with E-state index in [0.717, 1.165) is 5.69 Å². The van der Waals surface area contributed by atoms with Crippen molar-refractivity contribution in [1.82, 2.24) is 4.57 Å². The Morgan fingerprint density at radius 3 is 1.08 bits per heavy atom. The van der Waals surface area contributed by atoms with Gasteiger partial charge in [-0.15, -0.1) is 0 Å². The van der Waals surface area contributed by atoms with Gasteiger partial charge in [0.05, 0.1) is 11.0 Å². The van der Waals surface area contributed by atoms with E-state index in [1.54, 1.807) is 0 Å². The van der Waals surface area contributed by atoms with Crippen molar-refractivity contribution in [2.75, 3.05) is 0 Å². The molecule has 1 heteroatoms. The van der Waals surface area contributed by atoms with Crippen LogP contribution in [-0.2, 0) is 0 Å². The van der Waals surface area contributed by atoms with Crippen molar-refractivity contribution < 1.29 is 0 Å². The molecule has 0 saturated heterocycles. The molecule has 0 amide bonds. The molecule has 10 rings (SSSR count). The summed E-state index contributed by atoms with van der Waals surface area (Å²) in [5.41, 5.74) is 8.42. The van der Waals surface area contributed by atoms with Crippen LogP contribution in [-0.4, -0.2) is 4.57 Å². The van der Waals surface area contributed by atoms with Crippen molar-refractivity contribution in [3.63, 3.8) is 0 Å². The Hall–Kier alpha value is -6.70. The first kappa shape index (κ1) is 29.2. The van der Waals surface area contributed by atoms with Crippen LogP contribution in [0.4, 0.5) is 0 Å². The normalized spacial score (nSPS) is 12.2. The molecular formula is C50H33N. The quantitative estimate of drug-likeness (QED) is 0.129. The summed E-state index contributed by atoms with van der Waals surface area (Å²) in [5.74, 6) is 0. The van der Waals surface area contributed by atoms with E-state index in [0.29, 0.717) is 0 Å². The summed E-state index contributed by atoms with van der Waals surface area (Å²) in [6.07, 6.45) is 9.14. The van der Waals surface area contributed by atoms with Crippen LogP contribution in [0.2, 0.25) is 0 Å². The van der Waals surface area contributed by atoms with Gasteiger partial charge in [-0.25, -0.2) is 0 Å². The third-order valence-electron chi connectivity index (χ3n) is 10.3. The maximum atomic E-state index is 2.39. The van der Waals surface area contributed by atoms with Crippen molar-refractivity contribution >= 4 is 89.2 Å². The van der Waals surface area contributed by atoms with Crippen LogP contribution in [0.25, 0.3) is 94.9 Å². The van der Waals surface area contributed by atoms with Crippen LogP contribution < -0.4 is 0 Å². The minimum absolute atomic E-state index is 1.16. The van der Waals surface area contributed by atoms with E-state index in [4.69, 9.17) is 0 Å². The fourth-order valence-electron chi connectivity index (χ4n) is 7.94. The van der Waals surface area contributed by atoms with Crippen LogP contribution in [0, 0.1) is 0 Å². The number of benzene rings is 9. The van der Waals surface area contributed by atoms with Gasteiger partial charge in [-0.1, -0.05) is 152 Å². The zero-order valence-electron chi connectivity index (χ0n) is 28.0. The van der Waals surface area contributed by atoms with E-state index in [1.165, 1.54) is 87.1 Å². The SMILES string of the molecule is C(=Cc1c2ccccc2cc2ccccc12)c1ccc2c(c1)c1cc(C=Cc3c4ccccc4cc4ccccc34)ccc1n2-c1ccccc1. The molecule has 0 saturated carbocycles. The molecular weight excluding hydrogens is 615 g/mol. The molecule has 0 aliphatic heterocycles. The zero-order valence-corrected chi connectivity index (χ0v) is 28.0. The first-order valence-corrected chi connectivity index (χ1v) is 17.6. The second-order valence-corrected chi connectivity index (χ2v) is 13.4. The predicted molar refractivity (Wildman–Crippen MR) is 222 cm³/mol. The zero-order chi connectivity index (χ0) is 33.7. The highest BCUT2D eigenvalue weighted by atomic mass is 15.0. The van der Waals surface area contributed by atoms with Crippen LogP contribution in [0.3, 0.4) is 0 Å². The maximum Gasteiger partial charge on any atom is 0.0541 e. The van der Waals surface area contributed by atoms with Gasteiger partial charge in [0.1, 0.15) is 0 Å². The van der Waals surface area contributed by atoms with Crippen molar-refractivity contribution in [3.8, 4) is 5.69 Å². The predicted octanol–water partition coefficient (Wildman–Crippen LogP) is 13.7. The van der Waals surface area contributed by atoms with Gasteiger partial charge in [0.15, 0.2) is 0 Å². The Balaban J connectivity index is 1.13. The number of para-hydroxylation sites is 1. The van der Waals surface area contributed by atoms with Crippen molar-refractivity contribution in [1.29, 1.82) is 0 Å². The van der Waals surface area contributed by atoms with E-state index in [2.05, 4.69) is 205 Å². The number of hydrogen-bond donors (Lipinski definition) is 0. The Morgan fingerprint density at radius 2 is 0.667 bits per heavy atom. The summed E-state index contributed by atoms with van der Waals surface area (Å²) in [6, 6.07) is 63.8. The lowest BCUT2D eigenvalue weighted by atomic mass is 9.96. The molecule has 9 aromatic carbocycles. The minimum Gasteiger partial charge on any atom is -0.309 e. The summed E-state index contributed by atoms with van der Waals surface area (Å²) >= 11 is 0. The van der Waals surface area contributed by atoms with Crippen LogP contribution >= 0.6 is 0 Å². The van der Waals surface area contributed by atoms with Gasteiger partial charge >= 0.3 is 0 Å². The number of aromatic nitrogens is 1. The van der Waals surface area contributed by atoms with Gasteiger partial charge in [0.25, 0.3) is 0 Å². The number of hydrogen-bond acceptors (Lipinski definition) is 0. The smallest absolute Gasteiger partial charge is 0.0541 e. The van der Waals surface area contributed by atoms with E-state index < -0.39 is 0 Å². The highest BCUT2D eigenvalue weighted by Gasteiger charge is 2.14. The van der Waals surface area contributed by atoms with Crippen LogP contribution in [0.15, 0.2) is 176 Å². The summed E-state index contributed by atoms with van der Waals surface area (Å²) < 4.78 is 2.39. The number of rotatable bonds is 5. The third kappa shape index (κ3) is 5.02. The third-order valence-corrected chi connectivity index (χ3v) is 10.3. The largest absolute Gasteiger partial charge is 0.309 e. The summed E-state index contributed by atoms with van der Waals surface area (Å²) in [4.78, 5) is 0. The monoisotopic (exact) mass is 647 g/mol. The molecule has 238 valence electrons. The van der Waals surface area contributed by atoms with E-state index in [1.807, 2.05) is 0 Å². The lowest BCUT2D eigenvalue weighted by Gasteiger charge is -2.09. The molecule has 0 bridgehead atoms. The molecule has 0 atom stereocenters. The van der Waals surface area contributed by atoms with Crippen LogP contribution in [0.5, 0.6) is 0 Å². The van der Waals surface area contributed by atoms with Gasteiger partial charge < -0.3 is 4.57 Å². The van der Waals surface area contributed by atoms with Gasteiger partial charge in [-0.3, -0.25) is 0 Å². The second-order valence-electron chi connectivity index (χ2n) is 13.4. The Bertz CT molecular complexity index is 2720. The fraction of sp³-hybridized carbons (Fsp3) is 0. The minimum atomic E-state index is 1.16. The van der Waals surface area contributed by atoms with Crippen molar-refractivity contribution in [3.05, 3.63) is 198 Å². The molecule has 0 aliphatic rings. The summed E-state index contributed by atoms with van der Waals surface area (Å²) in [5, 5.41) is 12.6. The number of fused-ring (bicyclic) bond motifs is 7. The molecule has 0 unspecified atom stereocenters. The first-order valence-electron chi connectivity index (χ1n) is 17.6. The molecule has 1 aromatic heterocycles. The average Bonchev–Trinajstić information content (AvgIpc) is 3.51. The second kappa shape index (κ2) is 12.0. The van der Waals surface area contributed by atoms with E-state index in [-0.39, 0.29) is 0 Å². The molecule has 0 spiro atoms.